The van der Waals surface area contributed by atoms with Gasteiger partial charge >= 0.3 is 0 Å². The van der Waals surface area contributed by atoms with E-state index >= 15 is 0 Å². The Kier molecular flexibility index (Phi) is 6.60. The minimum Gasteiger partial charge on any atom is -0.338 e. The van der Waals surface area contributed by atoms with Crippen molar-refractivity contribution in [2.75, 3.05) is 11.1 Å². The lowest BCUT2D eigenvalue weighted by atomic mass is 9.97. The minimum absolute atomic E-state index is 0.116. The molecule has 0 bridgehead atoms. The molecule has 0 unspecified atom stereocenters. The molecule has 4 rings (SSSR count). The summed E-state index contributed by atoms with van der Waals surface area (Å²) in [5, 5.41) is 16.1. The molecule has 9 heteroatoms. The van der Waals surface area contributed by atoms with E-state index in [2.05, 4.69) is 37.8 Å². The second kappa shape index (κ2) is 9.58. The molecule has 0 aliphatic heterocycles. The van der Waals surface area contributed by atoms with Crippen LogP contribution in [-0.2, 0) is 16.8 Å². The van der Waals surface area contributed by atoms with Gasteiger partial charge in [0, 0.05) is 16.7 Å². The van der Waals surface area contributed by atoms with E-state index in [9.17, 15) is 4.79 Å². The number of carbonyl (C=O) groups excluding carboxylic acids is 1. The molecule has 0 spiro atoms. The number of hydrogen-bond acceptors (Lipinski definition) is 7. The van der Waals surface area contributed by atoms with Crippen molar-refractivity contribution in [2.24, 2.45) is 0 Å². The largest absolute Gasteiger partial charge is 0.338 e. The molecular weight excluding hydrogens is 436 g/mol. The van der Waals surface area contributed by atoms with Gasteiger partial charge in [-0.2, -0.15) is 4.98 Å². The number of carbonyl (C=O) groups is 1. The standard InChI is InChI=1S/C24H26N6O2S/c1-16-27-28-23(30(16)14-17-8-6-5-7-9-17)33-15-20(31)25-19-12-10-18(11-13-19)21-26-22(32-29-21)24(2,3)4/h5-13H,14-15H2,1-4H3,(H,25,31). The highest BCUT2D eigenvalue weighted by atomic mass is 32.2. The molecule has 1 N–H and O–H groups in total. The highest BCUT2D eigenvalue weighted by Gasteiger charge is 2.22. The van der Waals surface area contributed by atoms with Gasteiger partial charge in [-0.3, -0.25) is 4.79 Å². The molecule has 2 heterocycles. The molecule has 0 saturated heterocycles. The third-order valence-corrected chi connectivity index (χ3v) is 5.88. The fraction of sp³-hybridized carbons (Fsp3) is 0.292. The summed E-state index contributed by atoms with van der Waals surface area (Å²) in [5.74, 6) is 2.04. The Morgan fingerprint density at radius 2 is 1.79 bits per heavy atom. The van der Waals surface area contributed by atoms with E-state index in [0.29, 0.717) is 29.1 Å². The van der Waals surface area contributed by atoms with E-state index in [1.54, 1.807) is 0 Å². The molecule has 0 aliphatic carbocycles. The zero-order valence-corrected chi connectivity index (χ0v) is 19.9. The van der Waals surface area contributed by atoms with E-state index in [4.69, 9.17) is 4.52 Å². The average molecular weight is 463 g/mol. The monoisotopic (exact) mass is 462 g/mol. The van der Waals surface area contributed by atoms with E-state index in [1.807, 2.05) is 74.7 Å². The number of hydrogen-bond donors (Lipinski definition) is 1. The summed E-state index contributed by atoms with van der Waals surface area (Å²) in [6, 6.07) is 17.5. The van der Waals surface area contributed by atoms with Crippen molar-refractivity contribution in [3.05, 3.63) is 71.9 Å². The molecule has 33 heavy (non-hydrogen) atoms. The van der Waals surface area contributed by atoms with Crippen LogP contribution in [0.25, 0.3) is 11.4 Å². The normalized spacial score (nSPS) is 11.5. The highest BCUT2D eigenvalue weighted by Crippen LogP contribution is 2.25. The molecule has 2 aromatic heterocycles. The van der Waals surface area contributed by atoms with Crippen LogP contribution in [0.15, 0.2) is 64.3 Å². The first-order valence-corrected chi connectivity index (χ1v) is 11.6. The predicted molar refractivity (Wildman–Crippen MR) is 128 cm³/mol. The summed E-state index contributed by atoms with van der Waals surface area (Å²) < 4.78 is 7.37. The van der Waals surface area contributed by atoms with Crippen LogP contribution in [0.2, 0.25) is 0 Å². The van der Waals surface area contributed by atoms with Crippen LogP contribution in [0, 0.1) is 6.92 Å². The highest BCUT2D eigenvalue weighted by molar-refractivity contribution is 7.99. The Morgan fingerprint density at radius 1 is 1.06 bits per heavy atom. The third kappa shape index (κ3) is 5.67. The van der Waals surface area contributed by atoms with Crippen molar-refractivity contribution < 1.29 is 9.32 Å². The fourth-order valence-electron chi connectivity index (χ4n) is 3.09. The van der Waals surface area contributed by atoms with Crippen LogP contribution >= 0.6 is 11.8 Å². The second-order valence-corrected chi connectivity index (χ2v) is 9.63. The number of rotatable bonds is 7. The predicted octanol–water partition coefficient (Wildman–Crippen LogP) is 4.71. The average Bonchev–Trinajstić information content (AvgIpc) is 3.42. The lowest BCUT2D eigenvalue weighted by Gasteiger charge is -2.10. The third-order valence-electron chi connectivity index (χ3n) is 4.91. The maximum atomic E-state index is 12.5. The maximum Gasteiger partial charge on any atom is 0.234 e. The van der Waals surface area contributed by atoms with Crippen molar-refractivity contribution in [3.8, 4) is 11.4 Å². The van der Waals surface area contributed by atoms with Crippen molar-refractivity contribution in [3.63, 3.8) is 0 Å². The Bertz CT molecular complexity index is 1230. The summed E-state index contributed by atoms with van der Waals surface area (Å²) >= 11 is 1.36. The molecule has 0 atom stereocenters. The van der Waals surface area contributed by atoms with Gasteiger partial charge in [-0.15, -0.1) is 10.2 Å². The lowest BCUT2D eigenvalue weighted by Crippen LogP contribution is -2.14. The summed E-state index contributed by atoms with van der Waals surface area (Å²) in [5.41, 5.74) is 2.47. The molecule has 1 amide bonds. The molecule has 170 valence electrons. The Morgan fingerprint density at radius 3 is 2.45 bits per heavy atom. The van der Waals surface area contributed by atoms with Crippen LogP contribution in [0.3, 0.4) is 0 Å². The number of nitrogens with zero attached hydrogens (tertiary/aromatic N) is 5. The molecule has 4 aromatic rings. The van der Waals surface area contributed by atoms with Crippen LogP contribution in [0.4, 0.5) is 5.69 Å². The zero-order valence-electron chi connectivity index (χ0n) is 19.1. The van der Waals surface area contributed by atoms with E-state index in [1.165, 1.54) is 11.8 Å². The van der Waals surface area contributed by atoms with Crippen molar-refractivity contribution in [1.29, 1.82) is 0 Å². The number of thioether (sulfide) groups is 1. The van der Waals surface area contributed by atoms with Gasteiger partial charge in [-0.1, -0.05) is 68.0 Å². The van der Waals surface area contributed by atoms with Gasteiger partial charge in [-0.25, -0.2) is 0 Å². The molecule has 2 aromatic carbocycles. The first-order chi connectivity index (χ1) is 15.8. The molecular formula is C24H26N6O2S. The quantitative estimate of drug-likeness (QED) is 0.397. The number of amides is 1. The van der Waals surface area contributed by atoms with Crippen molar-refractivity contribution >= 4 is 23.4 Å². The summed E-state index contributed by atoms with van der Waals surface area (Å²) in [7, 11) is 0. The van der Waals surface area contributed by atoms with E-state index in [0.717, 1.165) is 17.0 Å². The van der Waals surface area contributed by atoms with Gasteiger partial charge < -0.3 is 14.4 Å². The fourth-order valence-corrected chi connectivity index (χ4v) is 3.87. The molecule has 0 radical (unpaired) electrons. The smallest absolute Gasteiger partial charge is 0.234 e. The van der Waals surface area contributed by atoms with Gasteiger partial charge in [0.1, 0.15) is 5.82 Å². The van der Waals surface area contributed by atoms with Gasteiger partial charge in [-0.05, 0) is 36.8 Å². The lowest BCUT2D eigenvalue weighted by molar-refractivity contribution is -0.113. The van der Waals surface area contributed by atoms with E-state index in [-0.39, 0.29) is 17.1 Å². The van der Waals surface area contributed by atoms with Crippen LogP contribution < -0.4 is 5.32 Å². The number of aromatic nitrogens is 5. The second-order valence-electron chi connectivity index (χ2n) is 8.69. The van der Waals surface area contributed by atoms with E-state index < -0.39 is 0 Å². The van der Waals surface area contributed by atoms with Crippen LogP contribution in [-0.4, -0.2) is 36.6 Å². The van der Waals surface area contributed by atoms with Crippen LogP contribution in [0.5, 0.6) is 0 Å². The summed E-state index contributed by atoms with van der Waals surface area (Å²) in [4.78, 5) is 17.0. The Balaban J connectivity index is 1.35. The number of aryl methyl sites for hydroxylation is 1. The first kappa shape index (κ1) is 22.7. The topological polar surface area (TPSA) is 98.7 Å². The number of benzene rings is 2. The van der Waals surface area contributed by atoms with Gasteiger partial charge in [0.05, 0.1) is 12.3 Å². The summed E-state index contributed by atoms with van der Waals surface area (Å²) in [6.07, 6.45) is 0. The zero-order chi connectivity index (χ0) is 23.4. The maximum absolute atomic E-state index is 12.5. The Labute approximate surface area is 196 Å². The molecule has 0 fully saturated rings. The molecule has 8 nitrogen and oxygen atoms in total. The first-order valence-electron chi connectivity index (χ1n) is 10.6. The summed E-state index contributed by atoms with van der Waals surface area (Å²) in [6.45, 7) is 8.64. The molecule has 0 aliphatic rings. The van der Waals surface area contributed by atoms with Gasteiger partial charge in [0.2, 0.25) is 17.6 Å². The number of anilines is 1. The van der Waals surface area contributed by atoms with Crippen molar-refractivity contribution in [2.45, 2.75) is 44.8 Å². The SMILES string of the molecule is Cc1nnc(SCC(=O)Nc2ccc(-c3noc(C(C)(C)C)n3)cc2)n1Cc1ccccc1. The molecule has 0 saturated carbocycles. The van der Waals surface area contributed by atoms with Crippen LogP contribution in [0.1, 0.15) is 38.0 Å². The van der Waals surface area contributed by atoms with Gasteiger partial charge in [0.25, 0.3) is 0 Å². The Hall–Kier alpha value is -3.46. The number of nitrogens with one attached hydrogen (secondary N) is 1. The van der Waals surface area contributed by atoms with Crippen molar-refractivity contribution in [1.82, 2.24) is 24.9 Å². The van der Waals surface area contributed by atoms with Gasteiger partial charge in [0.15, 0.2) is 5.16 Å². The minimum atomic E-state index is -0.208.